The lowest BCUT2D eigenvalue weighted by molar-refractivity contribution is -0.138. The van der Waals surface area contributed by atoms with Crippen LogP contribution >= 0.6 is 11.3 Å². The number of carboxylic acids is 1. The number of hydrogen-bond acceptors (Lipinski definition) is 4. The van der Waals surface area contributed by atoms with Crippen molar-refractivity contribution < 1.29 is 27.8 Å². The number of alkyl halides is 3. The number of nitrogens with zero attached hydrogens (tertiary/aromatic N) is 2. The van der Waals surface area contributed by atoms with Gasteiger partial charge in [-0.15, -0.1) is 11.3 Å². The monoisotopic (exact) mass is 488 g/mol. The smallest absolute Gasteiger partial charge is 0.416 e. The second-order valence-electron chi connectivity index (χ2n) is 7.91. The maximum absolute atomic E-state index is 12.9. The molecule has 0 aliphatic heterocycles. The van der Waals surface area contributed by atoms with E-state index in [1.807, 2.05) is 18.2 Å². The summed E-state index contributed by atoms with van der Waals surface area (Å²) in [7, 11) is 0. The number of unbranched alkanes of at least 4 members (excludes halogenated alkanes) is 1. The summed E-state index contributed by atoms with van der Waals surface area (Å²) in [6.45, 7) is 2.27. The maximum Gasteiger partial charge on any atom is 0.416 e. The minimum absolute atomic E-state index is 0.113. The predicted octanol–water partition coefficient (Wildman–Crippen LogP) is 6.79. The standard InChI is InChI=1S/C25H23F3N2O3S/c1-2-3-4-20-22(34-24(29-20)16-5-7-18(8-6-16)25(26,27)28)15-33-19-9-10-21-17(13-19)11-12-30(21)14-23(31)32/h5-13H,2-4,14-15H2,1H3,(H,31,32). The topological polar surface area (TPSA) is 64.4 Å². The second kappa shape index (κ2) is 9.89. The fraction of sp³-hybridized carbons (Fsp3) is 0.280. The van der Waals surface area contributed by atoms with Gasteiger partial charge in [-0.3, -0.25) is 4.79 Å². The Hall–Kier alpha value is -3.33. The summed E-state index contributed by atoms with van der Waals surface area (Å²) in [6, 6.07) is 12.4. The van der Waals surface area contributed by atoms with Crippen LogP contribution in [0.15, 0.2) is 54.7 Å². The maximum atomic E-state index is 12.9. The molecule has 0 saturated heterocycles. The molecule has 0 aliphatic carbocycles. The summed E-state index contributed by atoms with van der Waals surface area (Å²) in [5.41, 5.74) is 1.66. The fourth-order valence-electron chi connectivity index (χ4n) is 3.66. The van der Waals surface area contributed by atoms with Crippen molar-refractivity contribution in [1.29, 1.82) is 0 Å². The molecular weight excluding hydrogens is 465 g/mol. The van der Waals surface area contributed by atoms with E-state index in [9.17, 15) is 18.0 Å². The number of hydrogen-bond donors (Lipinski definition) is 1. The van der Waals surface area contributed by atoms with Gasteiger partial charge in [-0.25, -0.2) is 4.98 Å². The Morgan fingerprint density at radius 2 is 1.91 bits per heavy atom. The van der Waals surface area contributed by atoms with Crippen LogP contribution in [0.25, 0.3) is 21.5 Å². The van der Waals surface area contributed by atoms with Crippen LogP contribution in [-0.2, 0) is 30.5 Å². The van der Waals surface area contributed by atoms with Crippen LogP contribution in [0.1, 0.15) is 35.9 Å². The zero-order valence-corrected chi connectivity index (χ0v) is 19.2. The van der Waals surface area contributed by atoms with Gasteiger partial charge in [0.1, 0.15) is 23.9 Å². The van der Waals surface area contributed by atoms with Gasteiger partial charge in [0.2, 0.25) is 0 Å². The van der Waals surface area contributed by atoms with Gasteiger partial charge in [-0.1, -0.05) is 25.5 Å². The molecule has 0 aliphatic rings. The number of carbonyl (C=O) groups is 1. The molecule has 0 saturated carbocycles. The molecule has 0 bridgehead atoms. The molecule has 0 amide bonds. The lowest BCUT2D eigenvalue weighted by Crippen LogP contribution is -2.07. The molecule has 0 radical (unpaired) electrons. The van der Waals surface area contributed by atoms with Crippen molar-refractivity contribution in [2.24, 2.45) is 0 Å². The predicted molar refractivity (Wildman–Crippen MR) is 125 cm³/mol. The molecular formula is C25H23F3N2O3S. The average Bonchev–Trinajstić information content (AvgIpc) is 3.39. The molecule has 34 heavy (non-hydrogen) atoms. The van der Waals surface area contributed by atoms with Gasteiger partial charge in [0.25, 0.3) is 0 Å². The highest BCUT2D eigenvalue weighted by Crippen LogP contribution is 2.34. The first-order valence-corrected chi connectivity index (χ1v) is 11.7. The molecule has 5 nitrogen and oxygen atoms in total. The number of aryl methyl sites for hydroxylation is 1. The van der Waals surface area contributed by atoms with Crippen LogP contribution in [0.2, 0.25) is 0 Å². The van der Waals surface area contributed by atoms with Gasteiger partial charge in [0.05, 0.1) is 16.1 Å². The highest BCUT2D eigenvalue weighted by atomic mass is 32.1. The van der Waals surface area contributed by atoms with E-state index in [1.165, 1.54) is 23.5 Å². The molecule has 4 aromatic rings. The van der Waals surface area contributed by atoms with Gasteiger partial charge in [0, 0.05) is 22.7 Å². The van der Waals surface area contributed by atoms with Crippen molar-refractivity contribution in [3.05, 3.63) is 70.9 Å². The van der Waals surface area contributed by atoms with Gasteiger partial charge in [-0.2, -0.15) is 13.2 Å². The quantitative estimate of drug-likeness (QED) is 0.282. The Bertz CT molecular complexity index is 1290. The lowest BCUT2D eigenvalue weighted by atomic mass is 10.1. The number of aromatic nitrogens is 2. The zero-order chi connectivity index (χ0) is 24.3. The van der Waals surface area contributed by atoms with Crippen molar-refractivity contribution in [3.63, 3.8) is 0 Å². The van der Waals surface area contributed by atoms with Crippen molar-refractivity contribution >= 4 is 28.2 Å². The van der Waals surface area contributed by atoms with E-state index in [4.69, 9.17) is 14.8 Å². The van der Waals surface area contributed by atoms with E-state index in [0.29, 0.717) is 22.9 Å². The zero-order valence-electron chi connectivity index (χ0n) is 18.4. The van der Waals surface area contributed by atoms with Crippen LogP contribution in [0.5, 0.6) is 5.75 Å². The van der Waals surface area contributed by atoms with E-state index in [2.05, 4.69) is 6.92 Å². The average molecular weight is 489 g/mol. The normalized spacial score (nSPS) is 11.8. The summed E-state index contributed by atoms with van der Waals surface area (Å²) >= 11 is 1.42. The number of rotatable bonds is 9. The Balaban J connectivity index is 1.54. The van der Waals surface area contributed by atoms with E-state index >= 15 is 0 Å². The van der Waals surface area contributed by atoms with Crippen LogP contribution in [0, 0.1) is 0 Å². The number of benzene rings is 2. The van der Waals surface area contributed by atoms with Crippen LogP contribution in [0.3, 0.4) is 0 Å². The van der Waals surface area contributed by atoms with Gasteiger partial charge < -0.3 is 14.4 Å². The van der Waals surface area contributed by atoms with Crippen molar-refractivity contribution in [3.8, 4) is 16.3 Å². The Labute approximate surface area is 198 Å². The third-order valence-corrected chi connectivity index (χ3v) is 6.54. The lowest BCUT2D eigenvalue weighted by Gasteiger charge is -2.07. The first-order chi connectivity index (χ1) is 16.2. The number of thiazole rings is 1. The minimum Gasteiger partial charge on any atom is -0.488 e. The highest BCUT2D eigenvalue weighted by molar-refractivity contribution is 7.15. The first kappa shape index (κ1) is 23.8. The Morgan fingerprint density at radius 1 is 1.15 bits per heavy atom. The molecule has 0 unspecified atom stereocenters. The molecule has 178 valence electrons. The molecule has 0 spiro atoms. The van der Waals surface area contributed by atoms with Crippen molar-refractivity contribution in [2.45, 2.75) is 45.5 Å². The van der Waals surface area contributed by atoms with Gasteiger partial charge in [0.15, 0.2) is 0 Å². The van der Waals surface area contributed by atoms with Crippen molar-refractivity contribution in [1.82, 2.24) is 9.55 Å². The van der Waals surface area contributed by atoms with Crippen LogP contribution < -0.4 is 4.74 Å². The molecule has 2 aromatic heterocycles. The number of ether oxygens (including phenoxy) is 1. The third-order valence-electron chi connectivity index (χ3n) is 5.42. The first-order valence-electron chi connectivity index (χ1n) is 10.8. The molecule has 2 aromatic carbocycles. The summed E-state index contributed by atoms with van der Waals surface area (Å²) in [6.07, 6.45) is 0.0699. The summed E-state index contributed by atoms with van der Waals surface area (Å²) < 4.78 is 46.3. The van der Waals surface area contributed by atoms with E-state index in [1.54, 1.807) is 16.8 Å². The molecule has 9 heteroatoms. The number of carboxylic acid groups (broad SMARTS) is 1. The van der Waals surface area contributed by atoms with Crippen LogP contribution in [-0.4, -0.2) is 20.6 Å². The number of fused-ring (bicyclic) bond motifs is 1. The van der Waals surface area contributed by atoms with Crippen molar-refractivity contribution in [2.75, 3.05) is 0 Å². The number of aliphatic carboxylic acids is 1. The Kier molecular flexibility index (Phi) is 6.92. The molecule has 0 fully saturated rings. The molecule has 0 atom stereocenters. The fourth-order valence-corrected chi connectivity index (χ4v) is 4.69. The van der Waals surface area contributed by atoms with E-state index in [0.717, 1.165) is 52.9 Å². The molecule has 2 heterocycles. The second-order valence-corrected chi connectivity index (χ2v) is 9.00. The van der Waals surface area contributed by atoms with E-state index < -0.39 is 17.7 Å². The highest BCUT2D eigenvalue weighted by Gasteiger charge is 2.30. The summed E-state index contributed by atoms with van der Waals surface area (Å²) in [4.78, 5) is 16.6. The van der Waals surface area contributed by atoms with Gasteiger partial charge >= 0.3 is 12.1 Å². The van der Waals surface area contributed by atoms with Crippen LogP contribution in [0.4, 0.5) is 13.2 Å². The SMILES string of the molecule is CCCCc1nc(-c2ccc(C(F)(F)F)cc2)sc1COc1ccc2c(ccn2CC(=O)O)c1. The number of halogens is 3. The summed E-state index contributed by atoms with van der Waals surface area (Å²) in [5, 5.41) is 10.6. The van der Waals surface area contributed by atoms with E-state index in [-0.39, 0.29) is 6.54 Å². The largest absolute Gasteiger partial charge is 0.488 e. The molecule has 1 N–H and O–H groups in total. The Morgan fingerprint density at radius 3 is 2.59 bits per heavy atom. The third kappa shape index (κ3) is 5.41. The van der Waals surface area contributed by atoms with Gasteiger partial charge in [-0.05, 0) is 49.2 Å². The molecule has 4 rings (SSSR count). The summed E-state index contributed by atoms with van der Waals surface area (Å²) in [5.74, 6) is -0.266. The minimum atomic E-state index is -4.37.